The van der Waals surface area contributed by atoms with Crippen molar-refractivity contribution in [2.45, 2.75) is 39.2 Å². The van der Waals surface area contributed by atoms with Crippen LogP contribution >= 0.6 is 0 Å². The molecule has 1 heterocycles. The van der Waals surface area contributed by atoms with E-state index < -0.39 is 0 Å². The van der Waals surface area contributed by atoms with Gasteiger partial charge in [0.2, 0.25) is 5.91 Å². The van der Waals surface area contributed by atoms with Crippen LogP contribution in [-0.4, -0.2) is 37.0 Å². The predicted octanol–water partition coefficient (Wildman–Crippen LogP) is 1.24. The number of hydrogen-bond acceptors (Lipinski definition) is 2. The van der Waals surface area contributed by atoms with Crippen LogP contribution in [-0.2, 0) is 4.79 Å². The largest absolute Gasteiger partial charge is 0.353 e. The second-order valence-electron chi connectivity index (χ2n) is 4.42. The number of nitrogens with zero attached hydrogens (tertiary/aromatic N) is 1. The van der Waals surface area contributed by atoms with Gasteiger partial charge in [0.15, 0.2) is 0 Å². The molecule has 0 aromatic heterocycles. The molecule has 0 aliphatic carbocycles. The third-order valence-electron chi connectivity index (χ3n) is 3.00. The summed E-state index contributed by atoms with van der Waals surface area (Å²) in [5.74, 6) is 0.452. The van der Waals surface area contributed by atoms with Gasteiger partial charge in [0.25, 0.3) is 0 Å². The summed E-state index contributed by atoms with van der Waals surface area (Å²) in [7, 11) is 2.09. The monoisotopic (exact) mass is 198 g/mol. The third-order valence-corrected chi connectivity index (χ3v) is 3.00. The quantitative estimate of drug-likeness (QED) is 0.740. The van der Waals surface area contributed by atoms with Crippen molar-refractivity contribution in [3.8, 4) is 0 Å². The van der Waals surface area contributed by atoms with Crippen LogP contribution in [0.15, 0.2) is 0 Å². The van der Waals surface area contributed by atoms with E-state index in [1.807, 2.05) is 0 Å². The molecular formula is C11H22N2O. The topological polar surface area (TPSA) is 32.3 Å². The lowest BCUT2D eigenvalue weighted by Gasteiger charge is -2.29. The highest BCUT2D eigenvalue weighted by atomic mass is 16.2. The van der Waals surface area contributed by atoms with E-state index in [1.54, 1.807) is 0 Å². The Labute approximate surface area is 86.9 Å². The minimum absolute atomic E-state index is 0.211. The Morgan fingerprint density at radius 2 is 2.36 bits per heavy atom. The van der Waals surface area contributed by atoms with Gasteiger partial charge < -0.3 is 10.2 Å². The standard InChI is InChI=1S/C11H22N2O/c1-4-9(2)12-11(14)10-6-5-7-13(3)8-10/h9-10H,4-8H2,1-3H3,(H,12,14)/t9-,10-/m1/s1. The van der Waals surface area contributed by atoms with Gasteiger partial charge in [0, 0.05) is 12.6 Å². The number of amides is 1. The van der Waals surface area contributed by atoms with E-state index in [9.17, 15) is 4.79 Å². The first kappa shape index (κ1) is 11.5. The van der Waals surface area contributed by atoms with Gasteiger partial charge in [-0.05, 0) is 39.8 Å². The van der Waals surface area contributed by atoms with Crippen molar-refractivity contribution in [1.29, 1.82) is 0 Å². The molecule has 1 rings (SSSR count). The molecule has 2 atom stereocenters. The summed E-state index contributed by atoms with van der Waals surface area (Å²) in [6.07, 6.45) is 3.20. The summed E-state index contributed by atoms with van der Waals surface area (Å²) in [5.41, 5.74) is 0. The predicted molar refractivity (Wildman–Crippen MR) is 58.1 cm³/mol. The molecule has 3 nitrogen and oxygen atoms in total. The molecule has 14 heavy (non-hydrogen) atoms. The maximum absolute atomic E-state index is 11.8. The van der Waals surface area contributed by atoms with Crippen molar-refractivity contribution < 1.29 is 4.79 Å². The lowest BCUT2D eigenvalue weighted by Crippen LogP contribution is -2.43. The maximum Gasteiger partial charge on any atom is 0.224 e. The van der Waals surface area contributed by atoms with E-state index in [0.29, 0.717) is 6.04 Å². The molecular weight excluding hydrogens is 176 g/mol. The molecule has 1 amide bonds. The Morgan fingerprint density at radius 3 is 2.93 bits per heavy atom. The lowest BCUT2D eigenvalue weighted by atomic mass is 9.97. The molecule has 0 aromatic rings. The lowest BCUT2D eigenvalue weighted by molar-refractivity contribution is -0.127. The first-order chi connectivity index (χ1) is 6.63. The van der Waals surface area contributed by atoms with Crippen LogP contribution in [0.25, 0.3) is 0 Å². The molecule has 0 saturated carbocycles. The average Bonchev–Trinajstić information content (AvgIpc) is 2.17. The number of hydrogen-bond donors (Lipinski definition) is 1. The van der Waals surface area contributed by atoms with E-state index in [1.165, 1.54) is 0 Å². The zero-order valence-electron chi connectivity index (χ0n) is 9.55. The van der Waals surface area contributed by atoms with Crippen LogP contribution in [0.2, 0.25) is 0 Å². The molecule has 0 bridgehead atoms. The van der Waals surface area contributed by atoms with Gasteiger partial charge in [0.05, 0.1) is 5.92 Å². The Bertz CT molecular complexity index is 194. The fraction of sp³-hybridized carbons (Fsp3) is 0.909. The van der Waals surface area contributed by atoms with E-state index in [2.05, 4.69) is 31.1 Å². The van der Waals surface area contributed by atoms with Crippen LogP contribution in [0.3, 0.4) is 0 Å². The highest BCUT2D eigenvalue weighted by Crippen LogP contribution is 2.15. The van der Waals surface area contributed by atoms with E-state index in [4.69, 9.17) is 0 Å². The second kappa shape index (κ2) is 5.35. The van der Waals surface area contributed by atoms with Crippen LogP contribution in [0.5, 0.6) is 0 Å². The van der Waals surface area contributed by atoms with Crippen molar-refractivity contribution in [2.75, 3.05) is 20.1 Å². The van der Waals surface area contributed by atoms with Gasteiger partial charge in [-0.1, -0.05) is 6.92 Å². The minimum atomic E-state index is 0.211. The molecule has 1 aliphatic heterocycles. The van der Waals surface area contributed by atoms with Gasteiger partial charge >= 0.3 is 0 Å². The number of carbonyl (C=O) groups excluding carboxylic acids is 1. The van der Waals surface area contributed by atoms with Gasteiger partial charge in [0.1, 0.15) is 0 Å². The number of carbonyl (C=O) groups is 1. The molecule has 1 saturated heterocycles. The fourth-order valence-corrected chi connectivity index (χ4v) is 1.84. The van der Waals surface area contributed by atoms with Crippen molar-refractivity contribution in [3.63, 3.8) is 0 Å². The Hall–Kier alpha value is -0.570. The van der Waals surface area contributed by atoms with Gasteiger partial charge in [-0.15, -0.1) is 0 Å². The van der Waals surface area contributed by atoms with Crippen LogP contribution in [0, 0.1) is 5.92 Å². The Kier molecular flexibility index (Phi) is 4.39. The van der Waals surface area contributed by atoms with Crippen LogP contribution in [0.1, 0.15) is 33.1 Å². The van der Waals surface area contributed by atoms with Crippen LogP contribution < -0.4 is 5.32 Å². The summed E-state index contributed by atoms with van der Waals surface area (Å²) in [6.45, 7) is 6.21. The molecule has 0 radical (unpaired) electrons. The Morgan fingerprint density at radius 1 is 1.64 bits per heavy atom. The highest BCUT2D eigenvalue weighted by Gasteiger charge is 2.24. The maximum atomic E-state index is 11.8. The number of piperidine rings is 1. The molecule has 3 heteroatoms. The number of nitrogens with one attached hydrogen (secondary N) is 1. The zero-order valence-corrected chi connectivity index (χ0v) is 9.55. The van der Waals surface area contributed by atoms with Crippen molar-refractivity contribution >= 4 is 5.91 Å². The van der Waals surface area contributed by atoms with Crippen LogP contribution in [0.4, 0.5) is 0 Å². The number of likely N-dealkylation sites (tertiary alicyclic amines) is 1. The summed E-state index contributed by atoms with van der Waals surface area (Å²) in [4.78, 5) is 14.0. The molecule has 1 aliphatic rings. The molecule has 1 N–H and O–H groups in total. The van der Waals surface area contributed by atoms with Crippen molar-refractivity contribution in [3.05, 3.63) is 0 Å². The van der Waals surface area contributed by atoms with Crippen molar-refractivity contribution in [2.24, 2.45) is 5.92 Å². The van der Waals surface area contributed by atoms with Gasteiger partial charge in [-0.3, -0.25) is 4.79 Å². The summed E-state index contributed by atoms with van der Waals surface area (Å²) in [6, 6.07) is 0.315. The summed E-state index contributed by atoms with van der Waals surface area (Å²) >= 11 is 0. The first-order valence-electron chi connectivity index (χ1n) is 5.62. The van der Waals surface area contributed by atoms with Gasteiger partial charge in [-0.2, -0.15) is 0 Å². The SMILES string of the molecule is CC[C@@H](C)NC(=O)[C@@H]1CCCN(C)C1. The summed E-state index contributed by atoms with van der Waals surface area (Å²) in [5, 5.41) is 3.05. The fourth-order valence-electron chi connectivity index (χ4n) is 1.84. The molecule has 0 unspecified atom stereocenters. The molecule has 0 spiro atoms. The van der Waals surface area contributed by atoms with E-state index >= 15 is 0 Å². The highest BCUT2D eigenvalue weighted by molar-refractivity contribution is 5.79. The molecule has 1 fully saturated rings. The smallest absolute Gasteiger partial charge is 0.224 e. The average molecular weight is 198 g/mol. The third kappa shape index (κ3) is 3.29. The molecule has 82 valence electrons. The number of rotatable bonds is 3. The Balaban J connectivity index is 2.36. The normalized spacial score (nSPS) is 25.8. The van der Waals surface area contributed by atoms with E-state index in [-0.39, 0.29) is 11.8 Å². The zero-order chi connectivity index (χ0) is 10.6. The first-order valence-corrected chi connectivity index (χ1v) is 5.62. The second-order valence-corrected chi connectivity index (χ2v) is 4.42. The van der Waals surface area contributed by atoms with Gasteiger partial charge in [-0.25, -0.2) is 0 Å². The minimum Gasteiger partial charge on any atom is -0.353 e. The summed E-state index contributed by atoms with van der Waals surface area (Å²) < 4.78 is 0. The van der Waals surface area contributed by atoms with E-state index in [0.717, 1.165) is 32.4 Å². The van der Waals surface area contributed by atoms with Crippen molar-refractivity contribution in [1.82, 2.24) is 10.2 Å². The molecule has 0 aromatic carbocycles.